The lowest BCUT2D eigenvalue weighted by atomic mass is 10.0. The summed E-state index contributed by atoms with van der Waals surface area (Å²) in [6, 6.07) is 15.2. The van der Waals surface area contributed by atoms with Gasteiger partial charge in [0.05, 0.1) is 18.4 Å². The summed E-state index contributed by atoms with van der Waals surface area (Å²) >= 11 is 0. The van der Waals surface area contributed by atoms with Gasteiger partial charge in [0.2, 0.25) is 0 Å². The standard InChI is InChI=1S/C17H19N3/c1-12(2)18-11-17-19-10-16(20-17)15-9-5-7-13-6-3-4-8-14(13)15/h3-10,12,18H,11H2,1-2H3,(H,19,20). The van der Waals surface area contributed by atoms with E-state index in [2.05, 4.69) is 71.6 Å². The van der Waals surface area contributed by atoms with Gasteiger partial charge in [0.1, 0.15) is 5.82 Å². The van der Waals surface area contributed by atoms with Gasteiger partial charge in [-0.2, -0.15) is 0 Å². The van der Waals surface area contributed by atoms with Gasteiger partial charge in [-0.05, 0) is 10.8 Å². The van der Waals surface area contributed by atoms with Crippen LogP contribution in [-0.4, -0.2) is 16.0 Å². The summed E-state index contributed by atoms with van der Waals surface area (Å²) in [6.45, 7) is 5.03. The van der Waals surface area contributed by atoms with E-state index in [0.29, 0.717) is 6.04 Å². The zero-order valence-corrected chi connectivity index (χ0v) is 11.9. The molecule has 0 spiro atoms. The molecule has 3 heteroatoms. The number of hydrogen-bond acceptors (Lipinski definition) is 2. The second-order valence-electron chi connectivity index (χ2n) is 5.31. The monoisotopic (exact) mass is 265 g/mol. The second-order valence-corrected chi connectivity index (χ2v) is 5.31. The molecule has 0 aliphatic carbocycles. The zero-order chi connectivity index (χ0) is 13.9. The van der Waals surface area contributed by atoms with Gasteiger partial charge >= 0.3 is 0 Å². The summed E-state index contributed by atoms with van der Waals surface area (Å²) in [6.07, 6.45) is 1.92. The first-order valence-corrected chi connectivity index (χ1v) is 6.99. The molecule has 3 nitrogen and oxygen atoms in total. The SMILES string of the molecule is CC(C)NCc1ncc(-c2cccc3ccccc23)[nH]1. The molecule has 0 aliphatic heterocycles. The average molecular weight is 265 g/mol. The molecule has 2 aromatic carbocycles. The number of H-pyrrole nitrogens is 1. The van der Waals surface area contributed by atoms with Crippen LogP contribution in [0.2, 0.25) is 0 Å². The highest BCUT2D eigenvalue weighted by Crippen LogP contribution is 2.27. The Morgan fingerprint density at radius 1 is 1.10 bits per heavy atom. The number of fused-ring (bicyclic) bond motifs is 1. The predicted molar refractivity (Wildman–Crippen MR) is 83.5 cm³/mol. The van der Waals surface area contributed by atoms with Crippen LogP contribution in [0.25, 0.3) is 22.0 Å². The van der Waals surface area contributed by atoms with E-state index in [-0.39, 0.29) is 0 Å². The molecule has 0 atom stereocenters. The van der Waals surface area contributed by atoms with E-state index in [0.717, 1.165) is 18.1 Å². The van der Waals surface area contributed by atoms with Crippen LogP contribution in [0.5, 0.6) is 0 Å². The minimum Gasteiger partial charge on any atom is -0.341 e. The third kappa shape index (κ3) is 2.58. The first kappa shape index (κ1) is 12.9. The molecule has 1 heterocycles. The normalized spacial score (nSPS) is 11.3. The van der Waals surface area contributed by atoms with Crippen molar-refractivity contribution in [3.8, 4) is 11.3 Å². The average Bonchev–Trinajstić information content (AvgIpc) is 2.93. The quantitative estimate of drug-likeness (QED) is 0.754. The van der Waals surface area contributed by atoms with Crippen LogP contribution in [0.3, 0.4) is 0 Å². The van der Waals surface area contributed by atoms with E-state index in [1.165, 1.54) is 16.3 Å². The number of aromatic amines is 1. The molecule has 0 saturated carbocycles. The van der Waals surface area contributed by atoms with E-state index in [1.54, 1.807) is 0 Å². The van der Waals surface area contributed by atoms with Crippen LogP contribution < -0.4 is 5.32 Å². The fourth-order valence-electron chi connectivity index (χ4n) is 2.35. The van der Waals surface area contributed by atoms with Gasteiger partial charge in [-0.3, -0.25) is 0 Å². The number of hydrogen-bond donors (Lipinski definition) is 2. The minimum atomic E-state index is 0.459. The molecule has 0 aliphatic rings. The van der Waals surface area contributed by atoms with Crippen molar-refractivity contribution in [1.82, 2.24) is 15.3 Å². The number of imidazole rings is 1. The number of benzene rings is 2. The Hall–Kier alpha value is -2.13. The first-order valence-electron chi connectivity index (χ1n) is 6.99. The van der Waals surface area contributed by atoms with Crippen molar-refractivity contribution < 1.29 is 0 Å². The number of nitrogens with one attached hydrogen (secondary N) is 2. The summed E-state index contributed by atoms with van der Waals surface area (Å²) < 4.78 is 0. The molecule has 0 saturated heterocycles. The lowest BCUT2D eigenvalue weighted by Gasteiger charge is -2.06. The molecular formula is C17H19N3. The smallest absolute Gasteiger partial charge is 0.120 e. The lowest BCUT2D eigenvalue weighted by Crippen LogP contribution is -2.22. The topological polar surface area (TPSA) is 40.7 Å². The molecule has 0 bridgehead atoms. The van der Waals surface area contributed by atoms with Crippen LogP contribution in [-0.2, 0) is 6.54 Å². The highest BCUT2D eigenvalue weighted by molar-refractivity contribution is 5.95. The molecule has 0 fully saturated rings. The van der Waals surface area contributed by atoms with Crippen LogP contribution in [0.4, 0.5) is 0 Å². The first-order chi connectivity index (χ1) is 9.74. The Morgan fingerprint density at radius 3 is 2.75 bits per heavy atom. The number of nitrogens with zero attached hydrogens (tertiary/aromatic N) is 1. The Bertz CT molecular complexity index is 708. The van der Waals surface area contributed by atoms with Gasteiger partial charge in [0, 0.05) is 11.6 Å². The van der Waals surface area contributed by atoms with Gasteiger partial charge in [0.25, 0.3) is 0 Å². The van der Waals surface area contributed by atoms with Gasteiger partial charge in [-0.25, -0.2) is 4.98 Å². The maximum Gasteiger partial charge on any atom is 0.120 e. The Morgan fingerprint density at radius 2 is 1.90 bits per heavy atom. The van der Waals surface area contributed by atoms with E-state index in [1.807, 2.05) is 6.20 Å². The third-order valence-corrected chi connectivity index (χ3v) is 3.39. The van der Waals surface area contributed by atoms with Crippen molar-refractivity contribution in [1.29, 1.82) is 0 Å². The molecule has 0 radical (unpaired) electrons. The largest absolute Gasteiger partial charge is 0.341 e. The molecule has 2 N–H and O–H groups in total. The van der Waals surface area contributed by atoms with Crippen LogP contribution in [0, 0.1) is 0 Å². The van der Waals surface area contributed by atoms with E-state index in [4.69, 9.17) is 0 Å². The van der Waals surface area contributed by atoms with E-state index in [9.17, 15) is 0 Å². The number of rotatable bonds is 4. The maximum absolute atomic E-state index is 4.45. The Kier molecular flexibility index (Phi) is 3.52. The lowest BCUT2D eigenvalue weighted by molar-refractivity contribution is 0.575. The van der Waals surface area contributed by atoms with Crippen molar-refractivity contribution in [2.45, 2.75) is 26.4 Å². The van der Waals surface area contributed by atoms with Gasteiger partial charge in [-0.15, -0.1) is 0 Å². The van der Waals surface area contributed by atoms with E-state index >= 15 is 0 Å². The zero-order valence-electron chi connectivity index (χ0n) is 11.9. The summed E-state index contributed by atoms with van der Waals surface area (Å²) in [5.74, 6) is 0.974. The van der Waals surface area contributed by atoms with Crippen molar-refractivity contribution in [2.24, 2.45) is 0 Å². The maximum atomic E-state index is 4.45. The van der Waals surface area contributed by atoms with Crippen LogP contribution >= 0.6 is 0 Å². The fraction of sp³-hybridized carbons (Fsp3) is 0.235. The molecule has 0 amide bonds. The van der Waals surface area contributed by atoms with Gasteiger partial charge in [-0.1, -0.05) is 56.3 Å². The number of aromatic nitrogens is 2. The van der Waals surface area contributed by atoms with Crippen LogP contribution in [0.15, 0.2) is 48.7 Å². The molecule has 3 aromatic rings. The molecular weight excluding hydrogens is 246 g/mol. The highest BCUT2D eigenvalue weighted by atomic mass is 15.0. The fourth-order valence-corrected chi connectivity index (χ4v) is 2.35. The molecule has 1 aromatic heterocycles. The molecule has 102 valence electrons. The van der Waals surface area contributed by atoms with Gasteiger partial charge < -0.3 is 10.3 Å². The highest BCUT2D eigenvalue weighted by Gasteiger charge is 2.07. The molecule has 20 heavy (non-hydrogen) atoms. The Balaban J connectivity index is 1.95. The summed E-state index contributed by atoms with van der Waals surface area (Å²) in [5, 5.41) is 5.87. The summed E-state index contributed by atoms with van der Waals surface area (Å²) in [5.41, 5.74) is 2.27. The van der Waals surface area contributed by atoms with Crippen LogP contribution in [0.1, 0.15) is 19.7 Å². The second kappa shape index (κ2) is 5.47. The van der Waals surface area contributed by atoms with Crippen molar-refractivity contribution in [3.63, 3.8) is 0 Å². The van der Waals surface area contributed by atoms with Gasteiger partial charge in [0.15, 0.2) is 0 Å². The summed E-state index contributed by atoms with van der Waals surface area (Å²) in [7, 11) is 0. The predicted octanol–water partition coefficient (Wildman–Crippen LogP) is 3.73. The molecule has 3 rings (SSSR count). The minimum absolute atomic E-state index is 0.459. The van der Waals surface area contributed by atoms with Crippen molar-refractivity contribution in [3.05, 3.63) is 54.5 Å². The summed E-state index contributed by atoms with van der Waals surface area (Å²) in [4.78, 5) is 7.86. The third-order valence-electron chi connectivity index (χ3n) is 3.39. The molecule has 0 unspecified atom stereocenters. The van der Waals surface area contributed by atoms with Crippen molar-refractivity contribution in [2.75, 3.05) is 0 Å². The Labute approximate surface area is 119 Å². The van der Waals surface area contributed by atoms with Crippen molar-refractivity contribution >= 4 is 10.8 Å². The van der Waals surface area contributed by atoms with E-state index < -0.39 is 0 Å².